The summed E-state index contributed by atoms with van der Waals surface area (Å²) in [5.74, 6) is 0. The molecule has 1 heterocycles. The summed E-state index contributed by atoms with van der Waals surface area (Å²) >= 11 is 0. The number of halogens is 1. The van der Waals surface area contributed by atoms with Crippen molar-refractivity contribution in [3.05, 3.63) is 0 Å². The highest BCUT2D eigenvalue weighted by Gasteiger charge is 2.13. The van der Waals surface area contributed by atoms with Gasteiger partial charge in [0, 0.05) is 12.8 Å². The number of quaternary nitrogens is 1. The van der Waals surface area contributed by atoms with E-state index in [9.17, 15) is 0 Å². The molecule has 0 radical (unpaired) electrons. The van der Waals surface area contributed by atoms with Crippen molar-refractivity contribution >= 4 is 0 Å². The Morgan fingerprint density at radius 2 is 1.33 bits per heavy atom. The van der Waals surface area contributed by atoms with E-state index in [4.69, 9.17) is 0 Å². The molecule has 0 aliphatic carbocycles. The van der Waals surface area contributed by atoms with Crippen LogP contribution < -0.4 is 9.60 Å². The summed E-state index contributed by atoms with van der Waals surface area (Å²) in [6.07, 6.45) is 13.1. The Morgan fingerprint density at radius 1 is 0.800 bits per heavy atom. The third-order valence-corrected chi connectivity index (χ3v) is 3.44. The van der Waals surface area contributed by atoms with Crippen LogP contribution in [-0.2, 0) is 0 Å². The second-order valence-corrected chi connectivity index (χ2v) is 4.83. The summed E-state index contributed by atoms with van der Waals surface area (Å²) in [5.41, 5.74) is 0. The molecule has 1 N–H and O–H groups in total. The standard InChI is InChI=1S/C13H27N.FH/c1-2-3-4-5-6-7-8-11-14-12-9-10-13-14;/h2-13H2,1H3;1H. The van der Waals surface area contributed by atoms with Crippen molar-refractivity contribution in [3.8, 4) is 0 Å². The van der Waals surface area contributed by atoms with E-state index in [1.54, 1.807) is 0 Å². The van der Waals surface area contributed by atoms with Gasteiger partial charge in [-0.15, -0.1) is 0 Å². The minimum absolute atomic E-state index is 0. The van der Waals surface area contributed by atoms with Crippen LogP contribution in [0.15, 0.2) is 0 Å². The molecule has 0 aromatic rings. The van der Waals surface area contributed by atoms with E-state index in [1.807, 2.05) is 4.90 Å². The van der Waals surface area contributed by atoms with Gasteiger partial charge >= 0.3 is 0 Å². The minimum Gasteiger partial charge on any atom is -1.00 e. The lowest BCUT2D eigenvalue weighted by Gasteiger charge is -2.11. The van der Waals surface area contributed by atoms with Crippen LogP contribution in [0.5, 0.6) is 0 Å². The SMILES string of the molecule is CCCCCCCCC[NH+]1CCCC1.[F-]. The smallest absolute Gasteiger partial charge is 0.0773 e. The zero-order valence-electron chi connectivity index (χ0n) is 10.4. The van der Waals surface area contributed by atoms with Crippen molar-refractivity contribution < 1.29 is 9.60 Å². The van der Waals surface area contributed by atoms with E-state index < -0.39 is 0 Å². The molecule has 0 atom stereocenters. The fourth-order valence-corrected chi connectivity index (χ4v) is 2.46. The van der Waals surface area contributed by atoms with Crippen LogP contribution in [0, 0.1) is 0 Å². The average molecular weight is 217 g/mol. The van der Waals surface area contributed by atoms with E-state index in [2.05, 4.69) is 6.92 Å². The highest BCUT2D eigenvalue weighted by atomic mass is 19.0. The molecule has 2 heteroatoms. The van der Waals surface area contributed by atoms with Crippen LogP contribution in [0.25, 0.3) is 0 Å². The fraction of sp³-hybridized carbons (Fsp3) is 1.00. The van der Waals surface area contributed by atoms with E-state index >= 15 is 0 Å². The van der Waals surface area contributed by atoms with Crippen molar-refractivity contribution in [2.75, 3.05) is 19.6 Å². The normalized spacial score (nSPS) is 16.6. The summed E-state index contributed by atoms with van der Waals surface area (Å²) in [7, 11) is 0. The number of unbranched alkanes of at least 4 members (excludes halogenated alkanes) is 6. The van der Waals surface area contributed by atoms with Crippen molar-refractivity contribution in [3.63, 3.8) is 0 Å². The van der Waals surface area contributed by atoms with E-state index in [1.165, 1.54) is 77.4 Å². The van der Waals surface area contributed by atoms with Crippen LogP contribution in [0.3, 0.4) is 0 Å². The van der Waals surface area contributed by atoms with Crippen molar-refractivity contribution in [1.82, 2.24) is 0 Å². The molecule has 1 aliphatic rings. The van der Waals surface area contributed by atoms with Gasteiger partial charge in [-0.2, -0.15) is 0 Å². The molecule has 1 aliphatic heterocycles. The van der Waals surface area contributed by atoms with E-state index in [0.29, 0.717) is 0 Å². The molecule has 0 aromatic carbocycles. The van der Waals surface area contributed by atoms with Crippen LogP contribution >= 0.6 is 0 Å². The Morgan fingerprint density at radius 3 is 1.93 bits per heavy atom. The molecule has 0 aromatic heterocycles. The molecule has 1 nitrogen and oxygen atoms in total. The van der Waals surface area contributed by atoms with Gasteiger partial charge in [0.25, 0.3) is 0 Å². The van der Waals surface area contributed by atoms with Gasteiger partial charge in [0.05, 0.1) is 19.6 Å². The van der Waals surface area contributed by atoms with Gasteiger partial charge in [-0.1, -0.05) is 39.0 Å². The molecule has 15 heavy (non-hydrogen) atoms. The largest absolute Gasteiger partial charge is 1.00 e. The summed E-state index contributed by atoms with van der Waals surface area (Å²) < 4.78 is 0. The Balaban J connectivity index is 0.00000196. The van der Waals surface area contributed by atoms with Gasteiger partial charge in [-0.05, 0) is 12.8 Å². The van der Waals surface area contributed by atoms with Crippen molar-refractivity contribution in [1.29, 1.82) is 0 Å². The second-order valence-electron chi connectivity index (χ2n) is 4.83. The monoisotopic (exact) mass is 217 g/mol. The average Bonchev–Trinajstić information content (AvgIpc) is 2.69. The molecule has 0 bridgehead atoms. The molecular weight excluding hydrogens is 189 g/mol. The second kappa shape index (κ2) is 10.4. The third kappa shape index (κ3) is 7.78. The zero-order chi connectivity index (χ0) is 10.1. The molecule has 0 spiro atoms. The molecule has 1 fully saturated rings. The Labute approximate surface area is 94.6 Å². The lowest BCUT2D eigenvalue weighted by atomic mass is 10.1. The van der Waals surface area contributed by atoms with Gasteiger partial charge in [0.2, 0.25) is 0 Å². The number of likely N-dealkylation sites (tertiary alicyclic amines) is 1. The third-order valence-electron chi connectivity index (χ3n) is 3.44. The first kappa shape index (κ1) is 14.9. The van der Waals surface area contributed by atoms with E-state index in [0.717, 1.165) is 0 Å². The lowest BCUT2D eigenvalue weighted by Crippen LogP contribution is -3.09. The first-order chi connectivity index (χ1) is 6.93. The van der Waals surface area contributed by atoms with Crippen molar-refractivity contribution in [2.24, 2.45) is 0 Å². The molecule has 1 saturated heterocycles. The van der Waals surface area contributed by atoms with Gasteiger partial charge in [0.15, 0.2) is 0 Å². The van der Waals surface area contributed by atoms with Crippen LogP contribution in [0.4, 0.5) is 0 Å². The molecule has 0 amide bonds. The Kier molecular flexibility index (Phi) is 10.3. The van der Waals surface area contributed by atoms with Crippen LogP contribution in [0.2, 0.25) is 0 Å². The molecule has 0 unspecified atom stereocenters. The summed E-state index contributed by atoms with van der Waals surface area (Å²) in [5, 5.41) is 0. The summed E-state index contributed by atoms with van der Waals surface area (Å²) in [6.45, 7) is 6.65. The van der Waals surface area contributed by atoms with E-state index in [-0.39, 0.29) is 4.70 Å². The molecule has 0 saturated carbocycles. The Bertz CT molecular complexity index is 122. The first-order valence-corrected chi connectivity index (χ1v) is 6.77. The highest BCUT2D eigenvalue weighted by molar-refractivity contribution is 4.47. The summed E-state index contributed by atoms with van der Waals surface area (Å²) in [6, 6.07) is 0. The van der Waals surface area contributed by atoms with Gasteiger partial charge < -0.3 is 9.60 Å². The number of rotatable bonds is 8. The van der Waals surface area contributed by atoms with Crippen LogP contribution in [0.1, 0.15) is 64.7 Å². The maximum absolute atomic E-state index is 2.29. The quantitative estimate of drug-likeness (QED) is 0.519. The first-order valence-electron chi connectivity index (χ1n) is 6.77. The lowest BCUT2D eigenvalue weighted by molar-refractivity contribution is -0.887. The van der Waals surface area contributed by atoms with Crippen LogP contribution in [-0.4, -0.2) is 19.6 Å². The van der Waals surface area contributed by atoms with Gasteiger partial charge in [0.1, 0.15) is 0 Å². The summed E-state index contributed by atoms with van der Waals surface area (Å²) in [4.78, 5) is 1.87. The topological polar surface area (TPSA) is 4.44 Å². The maximum atomic E-state index is 2.29. The predicted molar refractivity (Wildman–Crippen MR) is 62.8 cm³/mol. The van der Waals surface area contributed by atoms with Gasteiger partial charge in [-0.3, -0.25) is 0 Å². The van der Waals surface area contributed by atoms with Crippen molar-refractivity contribution in [2.45, 2.75) is 64.7 Å². The molecule has 92 valence electrons. The molecule has 1 rings (SSSR count). The number of hydrogen-bond donors (Lipinski definition) is 1. The predicted octanol–water partition coefficient (Wildman–Crippen LogP) is -0.580. The fourth-order valence-electron chi connectivity index (χ4n) is 2.46. The van der Waals surface area contributed by atoms with Gasteiger partial charge in [-0.25, -0.2) is 0 Å². The maximum Gasteiger partial charge on any atom is 0.0773 e. The number of hydrogen-bond acceptors (Lipinski definition) is 0. The zero-order valence-corrected chi connectivity index (χ0v) is 10.4. The minimum atomic E-state index is 0. The molecular formula is C13H28FN. The number of nitrogens with one attached hydrogen (secondary N) is 1. The Hall–Kier alpha value is -0.110. The highest BCUT2D eigenvalue weighted by Crippen LogP contribution is 2.06.